The van der Waals surface area contributed by atoms with Gasteiger partial charge in [0.2, 0.25) is 11.3 Å². The van der Waals surface area contributed by atoms with Crippen LogP contribution in [0.4, 0.5) is 26.3 Å². The third kappa shape index (κ3) is 2.01. The van der Waals surface area contributed by atoms with Crippen LogP contribution < -0.4 is 21.7 Å². The summed E-state index contributed by atoms with van der Waals surface area (Å²) in [5, 5.41) is 0. The molecule has 0 spiro atoms. The van der Waals surface area contributed by atoms with Gasteiger partial charge in [-0.2, -0.15) is 26.3 Å². The van der Waals surface area contributed by atoms with E-state index in [2.05, 4.69) is 0 Å². The third-order valence-corrected chi connectivity index (χ3v) is 3.54. The molecule has 0 atom stereocenters. The van der Waals surface area contributed by atoms with Crippen molar-refractivity contribution >= 4 is 0 Å². The van der Waals surface area contributed by atoms with Crippen molar-refractivity contribution in [3.05, 3.63) is 34.9 Å². The molecule has 4 nitrogen and oxygen atoms in total. The molecule has 0 unspecified atom stereocenters. The van der Waals surface area contributed by atoms with Gasteiger partial charge in [0.1, 0.15) is 0 Å². The molecule has 116 valence electrons. The molecule has 4 N–H and O–H groups in total. The first-order valence-corrected chi connectivity index (χ1v) is 5.87. The van der Waals surface area contributed by atoms with Crippen LogP contribution in [0.1, 0.15) is 16.7 Å². The summed E-state index contributed by atoms with van der Waals surface area (Å²) in [5.41, 5.74) is 2.57. The minimum absolute atomic E-state index is 0.292. The lowest BCUT2D eigenvalue weighted by atomic mass is 9.93. The van der Waals surface area contributed by atoms with Crippen molar-refractivity contribution in [2.75, 3.05) is 0 Å². The molecule has 0 bridgehead atoms. The fourth-order valence-electron chi connectivity index (χ4n) is 2.24. The number of nitrogens with one attached hydrogen (secondary N) is 4. The summed E-state index contributed by atoms with van der Waals surface area (Å²) in [4.78, 5) is 0. The van der Waals surface area contributed by atoms with Crippen LogP contribution in [0.15, 0.2) is 18.2 Å². The van der Waals surface area contributed by atoms with E-state index < -0.39 is 23.7 Å². The number of rotatable bonds is 2. The van der Waals surface area contributed by atoms with Gasteiger partial charge >= 0.3 is 12.4 Å². The number of alkyl halides is 6. The van der Waals surface area contributed by atoms with Crippen molar-refractivity contribution in [1.29, 1.82) is 0 Å². The molecule has 0 saturated carbocycles. The highest BCUT2D eigenvalue weighted by molar-refractivity contribution is 5.42. The van der Waals surface area contributed by atoms with Crippen LogP contribution >= 0.6 is 0 Å². The average molecular weight is 312 g/mol. The SMILES string of the molecule is Cc1cc(C2(C(F)(F)F)NN2)cc(C2(C(F)(F)F)NN2)c1. The van der Waals surface area contributed by atoms with Gasteiger partial charge in [-0.15, -0.1) is 0 Å². The molecule has 10 heteroatoms. The zero-order valence-electron chi connectivity index (χ0n) is 10.5. The van der Waals surface area contributed by atoms with Crippen molar-refractivity contribution in [3.8, 4) is 0 Å². The Labute approximate surface area is 114 Å². The Morgan fingerprint density at radius 2 is 1.05 bits per heavy atom. The number of aryl methyl sites for hydroxylation is 1. The zero-order chi connectivity index (χ0) is 15.7. The molecule has 2 fully saturated rings. The first-order chi connectivity index (χ1) is 9.52. The van der Waals surface area contributed by atoms with Gasteiger partial charge in [0, 0.05) is 0 Å². The molecule has 2 heterocycles. The standard InChI is InChI=1S/C11H10F6N4/c1-5-2-6(8(18-19-8)10(12,13)14)4-7(3-5)9(20-21-9)11(15,16)17/h2-4,18-21H,1H3. The van der Waals surface area contributed by atoms with Crippen LogP contribution in [0.3, 0.4) is 0 Å². The fraction of sp³-hybridized carbons (Fsp3) is 0.455. The molecule has 1 aromatic carbocycles. The predicted molar refractivity (Wildman–Crippen MR) is 59.2 cm³/mol. The summed E-state index contributed by atoms with van der Waals surface area (Å²) in [7, 11) is 0. The third-order valence-electron chi connectivity index (χ3n) is 3.54. The van der Waals surface area contributed by atoms with E-state index in [1.165, 1.54) is 19.1 Å². The Balaban J connectivity index is 2.07. The highest BCUT2D eigenvalue weighted by Gasteiger charge is 2.68. The minimum atomic E-state index is -4.67. The van der Waals surface area contributed by atoms with Crippen LogP contribution in [0.2, 0.25) is 0 Å². The molecule has 0 amide bonds. The second-order valence-corrected chi connectivity index (χ2v) is 5.08. The van der Waals surface area contributed by atoms with Gasteiger partial charge in [0.25, 0.3) is 0 Å². The van der Waals surface area contributed by atoms with Gasteiger partial charge in [0.05, 0.1) is 0 Å². The molecule has 2 aliphatic rings. The highest BCUT2D eigenvalue weighted by atomic mass is 19.4. The molecule has 0 aromatic heterocycles. The van der Waals surface area contributed by atoms with Crippen LogP contribution in [0.5, 0.6) is 0 Å². The van der Waals surface area contributed by atoms with E-state index in [1.807, 2.05) is 21.7 Å². The Bertz CT molecular complexity index is 537. The lowest BCUT2D eigenvalue weighted by Gasteiger charge is -2.21. The van der Waals surface area contributed by atoms with Gasteiger partial charge in [-0.3, -0.25) is 0 Å². The summed E-state index contributed by atoms with van der Waals surface area (Å²) in [6.45, 7) is 1.44. The topological polar surface area (TPSA) is 87.8 Å². The van der Waals surface area contributed by atoms with E-state index in [1.54, 1.807) is 0 Å². The Morgan fingerprint density at radius 3 is 1.29 bits per heavy atom. The van der Waals surface area contributed by atoms with Crippen LogP contribution in [-0.4, -0.2) is 12.4 Å². The van der Waals surface area contributed by atoms with Gasteiger partial charge in [-0.25, -0.2) is 21.7 Å². The average Bonchev–Trinajstić information content (AvgIpc) is 3.19. The van der Waals surface area contributed by atoms with Crippen LogP contribution in [0, 0.1) is 6.92 Å². The summed E-state index contributed by atoms with van der Waals surface area (Å²) >= 11 is 0. The van der Waals surface area contributed by atoms with E-state index in [0.717, 1.165) is 6.07 Å². The number of benzene rings is 1. The number of halogens is 6. The smallest absolute Gasteiger partial charge is 0.223 e. The number of hydrazine groups is 2. The maximum atomic E-state index is 13.0. The number of hydrogen-bond acceptors (Lipinski definition) is 4. The Hall–Kier alpha value is -1.36. The maximum absolute atomic E-state index is 13.0. The normalized spacial score (nSPS) is 23.0. The second kappa shape index (κ2) is 3.88. The largest absolute Gasteiger partial charge is 0.426 e. The Morgan fingerprint density at radius 1 is 0.714 bits per heavy atom. The monoisotopic (exact) mass is 312 g/mol. The van der Waals surface area contributed by atoms with Gasteiger partial charge in [0.15, 0.2) is 0 Å². The minimum Gasteiger partial charge on any atom is -0.223 e. The molecule has 2 aliphatic heterocycles. The molecular formula is C11H10F6N4. The highest BCUT2D eigenvalue weighted by Crippen LogP contribution is 2.46. The fourth-order valence-corrected chi connectivity index (χ4v) is 2.24. The van der Waals surface area contributed by atoms with Crippen molar-refractivity contribution in [3.63, 3.8) is 0 Å². The van der Waals surface area contributed by atoms with E-state index in [9.17, 15) is 26.3 Å². The molecule has 2 saturated heterocycles. The van der Waals surface area contributed by atoms with E-state index in [0.29, 0.717) is 5.56 Å². The lowest BCUT2D eigenvalue weighted by molar-refractivity contribution is -0.166. The molecule has 3 rings (SSSR count). The summed E-state index contributed by atoms with van der Waals surface area (Å²) in [6, 6.07) is 3.26. The molecule has 21 heavy (non-hydrogen) atoms. The van der Waals surface area contributed by atoms with Crippen LogP contribution in [-0.2, 0) is 11.3 Å². The first-order valence-electron chi connectivity index (χ1n) is 5.87. The molecule has 0 radical (unpaired) electrons. The molecule has 1 aromatic rings. The molecular weight excluding hydrogens is 302 g/mol. The van der Waals surface area contributed by atoms with E-state index in [-0.39, 0.29) is 11.1 Å². The molecule has 0 aliphatic carbocycles. The van der Waals surface area contributed by atoms with E-state index >= 15 is 0 Å². The van der Waals surface area contributed by atoms with E-state index in [4.69, 9.17) is 0 Å². The predicted octanol–water partition coefficient (Wildman–Crippen LogP) is 1.64. The second-order valence-electron chi connectivity index (χ2n) is 5.08. The van der Waals surface area contributed by atoms with Gasteiger partial charge in [-0.05, 0) is 24.1 Å². The Kier molecular flexibility index (Phi) is 2.70. The van der Waals surface area contributed by atoms with Gasteiger partial charge < -0.3 is 0 Å². The maximum Gasteiger partial charge on any atom is 0.426 e. The summed E-state index contributed by atoms with van der Waals surface area (Å²) in [5.74, 6) is 0. The van der Waals surface area contributed by atoms with Crippen molar-refractivity contribution in [2.24, 2.45) is 0 Å². The van der Waals surface area contributed by atoms with Gasteiger partial charge in [-0.1, -0.05) is 17.7 Å². The van der Waals surface area contributed by atoms with Crippen molar-refractivity contribution < 1.29 is 26.3 Å². The summed E-state index contributed by atoms with van der Waals surface area (Å²) in [6.07, 6.45) is -9.35. The van der Waals surface area contributed by atoms with Crippen LogP contribution in [0.25, 0.3) is 0 Å². The first kappa shape index (κ1) is 14.6. The van der Waals surface area contributed by atoms with Crippen molar-refractivity contribution in [2.45, 2.75) is 30.6 Å². The number of hydrogen-bond donors (Lipinski definition) is 4. The summed E-state index contributed by atoms with van der Waals surface area (Å²) < 4.78 is 78.1. The van der Waals surface area contributed by atoms with Crippen molar-refractivity contribution in [1.82, 2.24) is 21.7 Å². The quantitative estimate of drug-likeness (QED) is 0.494. The lowest BCUT2D eigenvalue weighted by Crippen LogP contribution is -2.37. The zero-order valence-corrected chi connectivity index (χ0v) is 10.5.